The van der Waals surface area contributed by atoms with Gasteiger partial charge in [-0.15, -0.1) is 0 Å². The molecular formula is C24H17ClN2O5. The molecule has 0 fully saturated rings. The first-order valence-electron chi connectivity index (χ1n) is 9.55. The minimum absolute atomic E-state index is 0.0372. The Morgan fingerprint density at radius 1 is 0.844 bits per heavy atom. The Bertz CT molecular complexity index is 1220. The van der Waals surface area contributed by atoms with Crippen molar-refractivity contribution in [2.75, 3.05) is 17.3 Å². The molecule has 2 amide bonds. The molecule has 32 heavy (non-hydrogen) atoms. The van der Waals surface area contributed by atoms with Gasteiger partial charge in [-0.2, -0.15) is 0 Å². The van der Waals surface area contributed by atoms with Crippen LogP contribution in [0.4, 0.5) is 11.4 Å². The molecule has 4 rings (SSSR count). The summed E-state index contributed by atoms with van der Waals surface area (Å²) in [5.74, 6) is -1.00. The van der Waals surface area contributed by atoms with Crippen LogP contribution < -0.4 is 19.7 Å². The number of ether oxygens (including phenoxy) is 2. The number of nitrogens with one attached hydrogen (secondary N) is 1. The van der Waals surface area contributed by atoms with Gasteiger partial charge in [-0.25, -0.2) is 9.69 Å². The van der Waals surface area contributed by atoms with Crippen LogP contribution in [0, 0.1) is 0 Å². The predicted octanol–water partition coefficient (Wildman–Crippen LogP) is 4.35. The largest absolute Gasteiger partial charge is 0.493 e. The average molecular weight is 449 g/mol. The third-order valence-corrected chi connectivity index (χ3v) is 5.05. The van der Waals surface area contributed by atoms with Gasteiger partial charge >= 0.3 is 5.97 Å². The zero-order chi connectivity index (χ0) is 22.7. The zero-order valence-corrected chi connectivity index (χ0v) is 17.6. The first kappa shape index (κ1) is 21.1. The summed E-state index contributed by atoms with van der Waals surface area (Å²) in [5, 5.41) is 2.66. The van der Waals surface area contributed by atoms with Gasteiger partial charge in [0.05, 0.1) is 18.4 Å². The topological polar surface area (TPSA) is 84.9 Å². The Labute approximate surface area is 188 Å². The Balaban J connectivity index is 1.48. The molecule has 3 aromatic carbocycles. The van der Waals surface area contributed by atoms with Crippen molar-refractivity contribution in [2.45, 2.75) is 0 Å². The van der Waals surface area contributed by atoms with Crippen LogP contribution in [0.15, 0.2) is 89.6 Å². The number of hydrogen-bond donors (Lipinski definition) is 1. The first-order valence-corrected chi connectivity index (χ1v) is 9.93. The van der Waals surface area contributed by atoms with Crippen molar-refractivity contribution in [3.8, 4) is 11.5 Å². The van der Waals surface area contributed by atoms with Crippen molar-refractivity contribution in [1.29, 1.82) is 0 Å². The molecule has 0 unspecified atom stereocenters. The maximum atomic E-state index is 12.8. The number of anilines is 2. The number of methoxy groups -OCH3 is 1. The predicted molar refractivity (Wildman–Crippen MR) is 120 cm³/mol. The van der Waals surface area contributed by atoms with E-state index in [2.05, 4.69) is 5.32 Å². The standard InChI is InChI=1S/C24H17ClN2O5/c1-31-18-9-5-6-10-19(18)32-24(30)15-11-13-16(14-12-15)26-21-20(25)22(28)27(23(21)29)17-7-3-2-4-8-17/h2-14,26H,1H3. The van der Waals surface area contributed by atoms with E-state index in [1.165, 1.54) is 19.2 Å². The molecule has 0 aliphatic carbocycles. The molecule has 8 heteroatoms. The fraction of sp³-hybridized carbons (Fsp3) is 0.0417. The number of carbonyl (C=O) groups excluding carboxylic acids is 3. The summed E-state index contributed by atoms with van der Waals surface area (Å²) >= 11 is 6.14. The van der Waals surface area contributed by atoms with Crippen LogP contribution in [0.3, 0.4) is 0 Å². The normalized spacial score (nSPS) is 13.4. The highest BCUT2D eigenvalue weighted by atomic mass is 35.5. The number of nitrogens with zero attached hydrogens (tertiary/aromatic N) is 1. The van der Waals surface area contributed by atoms with E-state index < -0.39 is 17.8 Å². The molecule has 0 atom stereocenters. The Hall–Kier alpha value is -4.10. The van der Waals surface area contributed by atoms with Gasteiger partial charge < -0.3 is 14.8 Å². The molecule has 0 radical (unpaired) electrons. The van der Waals surface area contributed by atoms with E-state index in [9.17, 15) is 14.4 Å². The van der Waals surface area contributed by atoms with Gasteiger partial charge in [0.15, 0.2) is 11.5 Å². The van der Waals surface area contributed by atoms with E-state index in [-0.39, 0.29) is 10.7 Å². The van der Waals surface area contributed by atoms with Crippen LogP contribution in [0.5, 0.6) is 11.5 Å². The van der Waals surface area contributed by atoms with E-state index in [1.807, 2.05) is 0 Å². The lowest BCUT2D eigenvalue weighted by molar-refractivity contribution is -0.120. The average Bonchev–Trinajstić information content (AvgIpc) is 3.03. The highest BCUT2D eigenvalue weighted by molar-refractivity contribution is 6.53. The van der Waals surface area contributed by atoms with Crippen LogP contribution in [0.25, 0.3) is 0 Å². The number of halogens is 1. The minimum atomic E-state index is -0.609. The van der Waals surface area contributed by atoms with Crippen molar-refractivity contribution in [1.82, 2.24) is 0 Å². The van der Waals surface area contributed by atoms with Gasteiger partial charge in [0.25, 0.3) is 11.8 Å². The third-order valence-electron chi connectivity index (χ3n) is 4.70. The van der Waals surface area contributed by atoms with Gasteiger partial charge in [0.1, 0.15) is 10.7 Å². The summed E-state index contributed by atoms with van der Waals surface area (Å²) in [5.41, 5.74) is 1.15. The van der Waals surface area contributed by atoms with Crippen molar-refractivity contribution in [2.24, 2.45) is 0 Å². The number of imide groups is 1. The highest BCUT2D eigenvalue weighted by Crippen LogP contribution is 2.30. The maximum Gasteiger partial charge on any atom is 0.343 e. The lowest BCUT2D eigenvalue weighted by Crippen LogP contribution is -2.32. The molecule has 3 aromatic rings. The van der Waals surface area contributed by atoms with Crippen LogP contribution in [-0.2, 0) is 9.59 Å². The van der Waals surface area contributed by atoms with Gasteiger partial charge in [0.2, 0.25) is 0 Å². The Morgan fingerprint density at radius 3 is 2.12 bits per heavy atom. The van der Waals surface area contributed by atoms with Crippen molar-refractivity contribution < 1.29 is 23.9 Å². The molecule has 7 nitrogen and oxygen atoms in total. The van der Waals surface area contributed by atoms with Crippen molar-refractivity contribution in [3.63, 3.8) is 0 Å². The fourth-order valence-electron chi connectivity index (χ4n) is 3.12. The van der Waals surface area contributed by atoms with Crippen LogP contribution in [-0.4, -0.2) is 24.9 Å². The summed E-state index contributed by atoms with van der Waals surface area (Å²) in [6.07, 6.45) is 0. The van der Waals surface area contributed by atoms with Crippen LogP contribution >= 0.6 is 11.6 Å². The number of carbonyl (C=O) groups is 3. The number of esters is 1. The second-order valence-electron chi connectivity index (χ2n) is 6.71. The number of para-hydroxylation sites is 3. The summed E-state index contributed by atoms with van der Waals surface area (Å²) in [6, 6.07) is 21.6. The zero-order valence-electron chi connectivity index (χ0n) is 16.9. The monoisotopic (exact) mass is 448 g/mol. The summed E-state index contributed by atoms with van der Waals surface area (Å²) in [6.45, 7) is 0. The summed E-state index contributed by atoms with van der Waals surface area (Å²) < 4.78 is 10.6. The number of amides is 2. The molecule has 160 valence electrons. The molecule has 1 heterocycles. The van der Waals surface area contributed by atoms with Gasteiger partial charge in [-0.05, 0) is 48.5 Å². The van der Waals surface area contributed by atoms with Crippen molar-refractivity contribution in [3.05, 3.63) is 95.2 Å². The quantitative estimate of drug-likeness (QED) is 0.343. The van der Waals surface area contributed by atoms with E-state index in [1.54, 1.807) is 66.7 Å². The Morgan fingerprint density at radius 2 is 1.47 bits per heavy atom. The molecule has 0 saturated heterocycles. The second-order valence-corrected chi connectivity index (χ2v) is 7.09. The van der Waals surface area contributed by atoms with Gasteiger partial charge in [-0.3, -0.25) is 9.59 Å². The molecule has 0 spiro atoms. The highest BCUT2D eigenvalue weighted by Gasteiger charge is 2.38. The number of benzene rings is 3. The molecule has 0 bridgehead atoms. The molecule has 0 saturated carbocycles. The Kier molecular flexibility index (Phi) is 5.91. The van der Waals surface area contributed by atoms with E-state index >= 15 is 0 Å². The smallest absolute Gasteiger partial charge is 0.343 e. The van der Waals surface area contributed by atoms with Gasteiger partial charge in [-0.1, -0.05) is 41.9 Å². The minimum Gasteiger partial charge on any atom is -0.493 e. The molecule has 1 aliphatic heterocycles. The fourth-order valence-corrected chi connectivity index (χ4v) is 3.33. The molecule has 1 N–H and O–H groups in total. The lowest BCUT2D eigenvalue weighted by Gasteiger charge is -2.15. The van der Waals surface area contributed by atoms with Crippen LogP contribution in [0.2, 0.25) is 0 Å². The first-order chi connectivity index (χ1) is 15.5. The number of rotatable bonds is 6. The maximum absolute atomic E-state index is 12.8. The van der Waals surface area contributed by atoms with E-state index in [4.69, 9.17) is 21.1 Å². The molecule has 1 aliphatic rings. The van der Waals surface area contributed by atoms with Gasteiger partial charge in [0, 0.05) is 5.69 Å². The summed E-state index contributed by atoms with van der Waals surface area (Å²) in [4.78, 5) is 38.7. The molecule has 0 aromatic heterocycles. The van der Waals surface area contributed by atoms with E-state index in [0.717, 1.165) is 4.90 Å². The summed E-state index contributed by atoms with van der Waals surface area (Å²) in [7, 11) is 1.49. The van der Waals surface area contributed by atoms with Crippen LogP contribution in [0.1, 0.15) is 10.4 Å². The van der Waals surface area contributed by atoms with Crippen molar-refractivity contribution >= 4 is 40.8 Å². The van der Waals surface area contributed by atoms with E-state index in [0.29, 0.717) is 28.4 Å². The SMILES string of the molecule is COc1ccccc1OC(=O)c1ccc(NC2=C(Cl)C(=O)N(c3ccccc3)C2=O)cc1. The second kappa shape index (κ2) is 8.95. The third kappa shape index (κ3) is 4.06. The molecular weight excluding hydrogens is 432 g/mol. The lowest BCUT2D eigenvalue weighted by atomic mass is 10.2. The number of hydrogen-bond acceptors (Lipinski definition) is 6.